The van der Waals surface area contributed by atoms with Crippen molar-refractivity contribution in [2.24, 2.45) is 5.92 Å². The SMILES string of the molecule is CCCNCc1cccnc1N1CCC(CCC)C1. The third-order valence-electron chi connectivity index (χ3n) is 3.89. The van der Waals surface area contributed by atoms with Gasteiger partial charge in [-0.15, -0.1) is 0 Å². The van der Waals surface area contributed by atoms with Gasteiger partial charge in [0.25, 0.3) is 0 Å². The Morgan fingerprint density at radius 3 is 3.05 bits per heavy atom. The van der Waals surface area contributed by atoms with E-state index in [1.807, 2.05) is 12.3 Å². The maximum absolute atomic E-state index is 4.62. The molecule has 2 heterocycles. The summed E-state index contributed by atoms with van der Waals surface area (Å²) in [6, 6.07) is 4.25. The molecule has 1 aliphatic heterocycles. The largest absolute Gasteiger partial charge is 0.356 e. The minimum absolute atomic E-state index is 0.864. The minimum atomic E-state index is 0.864. The molecule has 3 heteroatoms. The van der Waals surface area contributed by atoms with Crippen molar-refractivity contribution in [3.63, 3.8) is 0 Å². The summed E-state index contributed by atoms with van der Waals surface area (Å²) in [6.07, 6.45) is 7.08. The van der Waals surface area contributed by atoms with E-state index in [2.05, 4.69) is 35.1 Å². The zero-order valence-corrected chi connectivity index (χ0v) is 12.4. The maximum Gasteiger partial charge on any atom is 0.133 e. The smallest absolute Gasteiger partial charge is 0.133 e. The number of nitrogens with one attached hydrogen (secondary N) is 1. The first-order valence-electron chi connectivity index (χ1n) is 7.74. The van der Waals surface area contributed by atoms with Crippen LogP contribution >= 0.6 is 0 Å². The Kier molecular flexibility index (Phi) is 5.64. The molecule has 106 valence electrons. The molecule has 1 N–H and O–H groups in total. The van der Waals surface area contributed by atoms with Gasteiger partial charge < -0.3 is 10.2 Å². The van der Waals surface area contributed by atoms with Gasteiger partial charge in [0.2, 0.25) is 0 Å². The molecule has 0 bridgehead atoms. The first-order valence-corrected chi connectivity index (χ1v) is 7.74. The van der Waals surface area contributed by atoms with E-state index >= 15 is 0 Å². The quantitative estimate of drug-likeness (QED) is 0.764. The topological polar surface area (TPSA) is 28.2 Å². The van der Waals surface area contributed by atoms with Gasteiger partial charge in [0, 0.05) is 31.4 Å². The molecule has 1 aliphatic rings. The molecule has 1 saturated heterocycles. The molecular formula is C16H27N3. The summed E-state index contributed by atoms with van der Waals surface area (Å²) in [5, 5.41) is 3.48. The van der Waals surface area contributed by atoms with Crippen LogP contribution in [0.5, 0.6) is 0 Å². The fraction of sp³-hybridized carbons (Fsp3) is 0.688. The van der Waals surface area contributed by atoms with Crippen LogP contribution in [-0.4, -0.2) is 24.6 Å². The van der Waals surface area contributed by atoms with Crippen molar-refractivity contribution in [3.05, 3.63) is 23.9 Å². The lowest BCUT2D eigenvalue weighted by Gasteiger charge is -2.21. The Bertz CT molecular complexity index is 378. The predicted octanol–water partition coefficient (Wildman–Crippen LogP) is 3.21. The van der Waals surface area contributed by atoms with Gasteiger partial charge in [0.1, 0.15) is 5.82 Å². The summed E-state index contributed by atoms with van der Waals surface area (Å²) in [6.45, 7) is 8.85. The highest BCUT2D eigenvalue weighted by atomic mass is 15.2. The molecule has 2 rings (SSSR count). The number of anilines is 1. The summed E-state index contributed by atoms with van der Waals surface area (Å²) in [5.74, 6) is 2.06. The van der Waals surface area contributed by atoms with Gasteiger partial charge in [-0.1, -0.05) is 26.3 Å². The van der Waals surface area contributed by atoms with Crippen molar-refractivity contribution in [3.8, 4) is 0 Å². The Morgan fingerprint density at radius 1 is 1.37 bits per heavy atom. The standard InChI is InChI=1S/C16H27N3/c1-3-6-14-8-11-19(13-14)16-15(7-5-10-18-16)12-17-9-4-2/h5,7,10,14,17H,3-4,6,8-9,11-13H2,1-2H3. The Balaban J connectivity index is 1.99. The van der Waals surface area contributed by atoms with Gasteiger partial charge in [0.05, 0.1) is 0 Å². The first-order chi connectivity index (χ1) is 9.35. The number of hydrogen-bond donors (Lipinski definition) is 1. The van der Waals surface area contributed by atoms with Crippen LogP contribution in [0.25, 0.3) is 0 Å². The molecule has 0 saturated carbocycles. The van der Waals surface area contributed by atoms with E-state index in [1.54, 1.807) is 0 Å². The molecule has 0 spiro atoms. The lowest BCUT2D eigenvalue weighted by atomic mass is 10.0. The van der Waals surface area contributed by atoms with Crippen LogP contribution in [0, 0.1) is 5.92 Å². The second-order valence-corrected chi connectivity index (χ2v) is 5.55. The first kappa shape index (κ1) is 14.3. The Morgan fingerprint density at radius 2 is 2.26 bits per heavy atom. The highest BCUT2D eigenvalue weighted by Crippen LogP contribution is 2.27. The van der Waals surface area contributed by atoms with Crippen molar-refractivity contribution >= 4 is 5.82 Å². The van der Waals surface area contributed by atoms with Gasteiger partial charge >= 0.3 is 0 Å². The van der Waals surface area contributed by atoms with Gasteiger partial charge in [-0.05, 0) is 37.8 Å². The van der Waals surface area contributed by atoms with E-state index < -0.39 is 0 Å². The summed E-state index contributed by atoms with van der Waals surface area (Å²) in [7, 11) is 0. The lowest BCUT2D eigenvalue weighted by molar-refractivity contribution is 0.529. The molecule has 0 aromatic carbocycles. The molecule has 19 heavy (non-hydrogen) atoms. The molecular weight excluding hydrogens is 234 g/mol. The van der Waals surface area contributed by atoms with Gasteiger partial charge in [-0.25, -0.2) is 4.98 Å². The van der Waals surface area contributed by atoms with Gasteiger partial charge in [-0.2, -0.15) is 0 Å². The molecule has 0 radical (unpaired) electrons. The number of aromatic nitrogens is 1. The third kappa shape index (κ3) is 3.93. The zero-order valence-electron chi connectivity index (χ0n) is 12.4. The second-order valence-electron chi connectivity index (χ2n) is 5.55. The maximum atomic E-state index is 4.62. The molecule has 0 amide bonds. The normalized spacial score (nSPS) is 19.1. The third-order valence-corrected chi connectivity index (χ3v) is 3.89. The number of nitrogens with zero attached hydrogens (tertiary/aromatic N) is 2. The van der Waals surface area contributed by atoms with Crippen LogP contribution in [0.3, 0.4) is 0 Å². The summed E-state index contributed by atoms with van der Waals surface area (Å²) >= 11 is 0. The van der Waals surface area contributed by atoms with Crippen LogP contribution in [-0.2, 0) is 6.54 Å². The molecule has 0 aliphatic carbocycles. The fourth-order valence-corrected chi connectivity index (χ4v) is 2.92. The van der Waals surface area contributed by atoms with Crippen LogP contribution in [0.1, 0.15) is 45.1 Å². The van der Waals surface area contributed by atoms with Crippen LogP contribution in [0.4, 0.5) is 5.82 Å². The molecule has 1 aromatic rings. The van der Waals surface area contributed by atoms with Gasteiger partial charge in [0.15, 0.2) is 0 Å². The Hall–Kier alpha value is -1.09. The molecule has 1 unspecified atom stereocenters. The number of hydrogen-bond acceptors (Lipinski definition) is 3. The Labute approximate surface area is 117 Å². The molecule has 1 atom stereocenters. The fourth-order valence-electron chi connectivity index (χ4n) is 2.92. The lowest BCUT2D eigenvalue weighted by Crippen LogP contribution is -2.24. The van der Waals surface area contributed by atoms with Crippen LogP contribution in [0.2, 0.25) is 0 Å². The molecule has 1 aromatic heterocycles. The van der Waals surface area contributed by atoms with Crippen LogP contribution in [0.15, 0.2) is 18.3 Å². The number of pyridine rings is 1. The summed E-state index contributed by atoms with van der Waals surface area (Å²) in [5.41, 5.74) is 1.34. The monoisotopic (exact) mass is 261 g/mol. The van der Waals surface area contributed by atoms with Crippen LogP contribution < -0.4 is 10.2 Å². The van der Waals surface area contributed by atoms with Gasteiger partial charge in [-0.3, -0.25) is 0 Å². The van der Waals surface area contributed by atoms with E-state index in [0.717, 1.165) is 19.0 Å². The van der Waals surface area contributed by atoms with Crippen molar-refractivity contribution in [1.29, 1.82) is 0 Å². The average molecular weight is 261 g/mol. The van der Waals surface area contributed by atoms with Crippen molar-refractivity contribution < 1.29 is 0 Å². The van der Waals surface area contributed by atoms with E-state index in [1.165, 1.54) is 50.2 Å². The van der Waals surface area contributed by atoms with E-state index in [9.17, 15) is 0 Å². The minimum Gasteiger partial charge on any atom is -0.356 e. The molecule has 3 nitrogen and oxygen atoms in total. The predicted molar refractivity (Wildman–Crippen MR) is 81.5 cm³/mol. The summed E-state index contributed by atoms with van der Waals surface area (Å²) in [4.78, 5) is 7.10. The van der Waals surface area contributed by atoms with E-state index in [0.29, 0.717) is 0 Å². The highest BCUT2D eigenvalue weighted by molar-refractivity contribution is 5.47. The zero-order chi connectivity index (χ0) is 13.5. The van der Waals surface area contributed by atoms with Crippen molar-refractivity contribution in [2.75, 3.05) is 24.5 Å². The van der Waals surface area contributed by atoms with Crippen molar-refractivity contribution in [2.45, 2.75) is 46.1 Å². The van der Waals surface area contributed by atoms with E-state index in [-0.39, 0.29) is 0 Å². The second kappa shape index (κ2) is 7.49. The number of rotatable bonds is 7. The van der Waals surface area contributed by atoms with E-state index in [4.69, 9.17) is 0 Å². The summed E-state index contributed by atoms with van der Waals surface area (Å²) < 4.78 is 0. The molecule has 1 fully saturated rings. The average Bonchev–Trinajstić information content (AvgIpc) is 2.89. The van der Waals surface area contributed by atoms with Crippen molar-refractivity contribution in [1.82, 2.24) is 10.3 Å². The highest BCUT2D eigenvalue weighted by Gasteiger charge is 2.24.